The average molecular weight is 546 g/mol. The molecule has 0 aromatic heterocycles. The van der Waals surface area contributed by atoms with Gasteiger partial charge in [0, 0.05) is 44.8 Å². The Balaban J connectivity index is 1.21. The van der Waals surface area contributed by atoms with E-state index in [2.05, 4.69) is 47.4 Å². The summed E-state index contributed by atoms with van der Waals surface area (Å²) in [6.07, 6.45) is 12.3. The lowest BCUT2D eigenvalue weighted by molar-refractivity contribution is -0.149. The second-order valence-corrected chi connectivity index (χ2v) is 13.9. The molecular formula is C35H47NO4. The summed E-state index contributed by atoms with van der Waals surface area (Å²) in [5, 5.41) is 13.1. The lowest BCUT2D eigenvalue weighted by Gasteiger charge is -2.63. The van der Waals surface area contributed by atoms with Gasteiger partial charge in [-0.25, -0.2) is 0 Å². The molecule has 4 saturated carbocycles. The predicted molar refractivity (Wildman–Crippen MR) is 158 cm³/mol. The van der Waals surface area contributed by atoms with E-state index in [0.29, 0.717) is 5.92 Å². The van der Waals surface area contributed by atoms with E-state index in [1.54, 1.807) is 21.3 Å². The van der Waals surface area contributed by atoms with Gasteiger partial charge in [-0.2, -0.15) is 0 Å². The SMILES string of the molecule is COc1ccc2c(c1)CCC(C13CC4CC(CC(C4)C1)C3)C2(O)c1ccc(N2CCC(C(OC)OC)CC2)cc1. The molecule has 8 rings (SSSR count). The molecule has 216 valence electrons. The first-order chi connectivity index (χ1) is 19.5. The Labute approximate surface area is 240 Å². The Hall–Kier alpha value is -2.08. The third-order valence-electron chi connectivity index (χ3n) is 11.8. The van der Waals surface area contributed by atoms with Crippen molar-refractivity contribution in [2.24, 2.45) is 35.0 Å². The molecule has 6 aliphatic rings. The molecule has 1 N–H and O–H groups in total. The first-order valence-electron chi connectivity index (χ1n) is 15.8. The fourth-order valence-corrected chi connectivity index (χ4v) is 10.5. The molecule has 2 atom stereocenters. The van der Waals surface area contributed by atoms with E-state index in [1.165, 1.54) is 49.8 Å². The number of hydrogen-bond donors (Lipinski definition) is 1. The van der Waals surface area contributed by atoms with Gasteiger partial charge in [-0.05, 0) is 128 Å². The van der Waals surface area contributed by atoms with Crippen LogP contribution in [0.3, 0.4) is 0 Å². The van der Waals surface area contributed by atoms with Crippen molar-refractivity contribution in [3.05, 3.63) is 59.2 Å². The van der Waals surface area contributed by atoms with Gasteiger partial charge in [0.1, 0.15) is 11.4 Å². The fourth-order valence-electron chi connectivity index (χ4n) is 10.5. The van der Waals surface area contributed by atoms with E-state index >= 15 is 0 Å². The van der Waals surface area contributed by atoms with Gasteiger partial charge in [-0.1, -0.05) is 18.2 Å². The second-order valence-electron chi connectivity index (χ2n) is 13.9. The van der Waals surface area contributed by atoms with E-state index in [9.17, 15) is 5.11 Å². The first-order valence-corrected chi connectivity index (χ1v) is 15.8. The lowest BCUT2D eigenvalue weighted by atomic mass is 9.43. The van der Waals surface area contributed by atoms with Crippen LogP contribution in [0.25, 0.3) is 0 Å². The lowest BCUT2D eigenvalue weighted by Crippen LogP contribution is -2.56. The van der Waals surface area contributed by atoms with Gasteiger partial charge in [-0.15, -0.1) is 0 Å². The number of rotatable bonds is 7. The van der Waals surface area contributed by atoms with Crippen molar-refractivity contribution in [2.45, 2.75) is 76.1 Å². The minimum atomic E-state index is -0.971. The molecule has 0 radical (unpaired) electrons. The molecule has 2 aromatic carbocycles. The number of aryl methyl sites for hydroxylation is 1. The molecular weight excluding hydrogens is 498 g/mol. The molecule has 5 nitrogen and oxygen atoms in total. The monoisotopic (exact) mass is 545 g/mol. The van der Waals surface area contributed by atoms with E-state index in [-0.39, 0.29) is 17.6 Å². The van der Waals surface area contributed by atoms with Crippen LogP contribution in [0.2, 0.25) is 0 Å². The molecule has 5 aliphatic carbocycles. The molecule has 2 aromatic rings. The Kier molecular flexibility index (Phi) is 6.92. The van der Waals surface area contributed by atoms with Gasteiger partial charge >= 0.3 is 0 Å². The summed E-state index contributed by atoms with van der Waals surface area (Å²) in [4.78, 5) is 2.48. The van der Waals surface area contributed by atoms with Crippen molar-refractivity contribution in [3.63, 3.8) is 0 Å². The van der Waals surface area contributed by atoms with Crippen LogP contribution in [0.5, 0.6) is 5.75 Å². The van der Waals surface area contributed by atoms with Crippen LogP contribution in [-0.2, 0) is 21.5 Å². The van der Waals surface area contributed by atoms with Crippen LogP contribution in [0.4, 0.5) is 5.69 Å². The van der Waals surface area contributed by atoms with Crippen molar-refractivity contribution in [3.8, 4) is 5.75 Å². The quantitative estimate of drug-likeness (QED) is 0.400. The minimum absolute atomic E-state index is 0.120. The maximum absolute atomic E-state index is 13.1. The molecule has 1 heterocycles. The zero-order chi connectivity index (χ0) is 27.5. The van der Waals surface area contributed by atoms with Crippen molar-refractivity contribution < 1.29 is 19.3 Å². The number of nitrogens with zero attached hydrogens (tertiary/aromatic N) is 1. The van der Waals surface area contributed by atoms with Crippen molar-refractivity contribution in [1.82, 2.24) is 0 Å². The van der Waals surface area contributed by atoms with Gasteiger partial charge in [-0.3, -0.25) is 0 Å². The van der Waals surface area contributed by atoms with Crippen molar-refractivity contribution in [2.75, 3.05) is 39.3 Å². The van der Waals surface area contributed by atoms with Gasteiger partial charge in [0.2, 0.25) is 0 Å². The Bertz CT molecular complexity index is 1160. The molecule has 2 unspecified atom stereocenters. The number of fused-ring (bicyclic) bond motifs is 1. The maximum Gasteiger partial charge on any atom is 0.159 e. The summed E-state index contributed by atoms with van der Waals surface area (Å²) in [6, 6.07) is 15.4. The Morgan fingerprint density at radius 1 is 0.825 bits per heavy atom. The smallest absolute Gasteiger partial charge is 0.159 e. The van der Waals surface area contributed by atoms with Crippen LogP contribution < -0.4 is 9.64 Å². The van der Waals surface area contributed by atoms with Crippen molar-refractivity contribution in [1.29, 1.82) is 0 Å². The molecule has 5 heteroatoms. The summed E-state index contributed by atoms with van der Waals surface area (Å²) >= 11 is 0. The number of methoxy groups -OCH3 is 3. The van der Waals surface area contributed by atoms with Crippen LogP contribution in [0.15, 0.2) is 42.5 Å². The number of benzene rings is 2. The summed E-state index contributed by atoms with van der Waals surface area (Å²) in [7, 11) is 5.21. The van der Waals surface area contributed by atoms with Gasteiger partial charge in [0.05, 0.1) is 7.11 Å². The molecule has 1 aliphatic heterocycles. The normalized spacial score (nSPS) is 35.3. The third-order valence-corrected chi connectivity index (χ3v) is 11.8. The van der Waals surface area contributed by atoms with Gasteiger partial charge in [0.15, 0.2) is 6.29 Å². The Morgan fingerprint density at radius 2 is 1.45 bits per heavy atom. The number of anilines is 1. The van der Waals surface area contributed by atoms with E-state index in [0.717, 1.165) is 73.4 Å². The number of piperidine rings is 1. The molecule has 1 saturated heterocycles. The van der Waals surface area contributed by atoms with E-state index in [4.69, 9.17) is 14.2 Å². The maximum atomic E-state index is 13.1. The molecule has 4 bridgehead atoms. The van der Waals surface area contributed by atoms with Crippen molar-refractivity contribution >= 4 is 5.69 Å². The average Bonchev–Trinajstić information content (AvgIpc) is 2.97. The highest BCUT2D eigenvalue weighted by molar-refractivity contribution is 5.53. The first kappa shape index (κ1) is 26.8. The standard InChI is InChI=1S/C35H47NO4/c1-38-30-9-10-31-27(19-30)4-11-32(34-20-23-16-24(21-34)18-25(17-23)22-34)35(31,37)28-5-7-29(8-6-28)36-14-12-26(13-15-36)33(39-2)40-3/h5-10,19,23-26,32-33,37H,4,11-18,20-22H2,1-3H3. The molecule has 5 fully saturated rings. The second kappa shape index (κ2) is 10.3. The van der Waals surface area contributed by atoms with E-state index < -0.39 is 5.60 Å². The highest BCUT2D eigenvalue weighted by Crippen LogP contribution is 2.67. The third kappa shape index (κ3) is 4.30. The molecule has 0 amide bonds. The fraction of sp³-hybridized carbons (Fsp3) is 0.657. The number of hydrogen-bond acceptors (Lipinski definition) is 5. The summed E-state index contributed by atoms with van der Waals surface area (Å²) < 4.78 is 16.7. The van der Waals surface area contributed by atoms with E-state index in [1.807, 2.05) is 0 Å². The molecule has 40 heavy (non-hydrogen) atoms. The topological polar surface area (TPSA) is 51.2 Å². The largest absolute Gasteiger partial charge is 0.497 e. The zero-order valence-corrected chi connectivity index (χ0v) is 24.6. The number of ether oxygens (including phenoxy) is 3. The van der Waals surface area contributed by atoms with Crippen LogP contribution in [0.1, 0.15) is 74.5 Å². The van der Waals surface area contributed by atoms with Crippen LogP contribution in [0, 0.1) is 35.0 Å². The minimum Gasteiger partial charge on any atom is -0.497 e. The zero-order valence-electron chi connectivity index (χ0n) is 24.6. The van der Waals surface area contributed by atoms with Crippen LogP contribution in [-0.4, -0.2) is 45.8 Å². The van der Waals surface area contributed by atoms with Gasteiger partial charge in [0.25, 0.3) is 0 Å². The summed E-state index contributed by atoms with van der Waals surface area (Å²) in [6.45, 7) is 1.99. The summed E-state index contributed by atoms with van der Waals surface area (Å²) in [5.74, 6) is 4.19. The summed E-state index contributed by atoms with van der Waals surface area (Å²) in [5.41, 5.74) is 3.97. The van der Waals surface area contributed by atoms with Gasteiger partial charge < -0.3 is 24.2 Å². The highest BCUT2D eigenvalue weighted by atomic mass is 16.7. The number of aliphatic hydroxyl groups is 1. The molecule has 0 spiro atoms. The van der Waals surface area contributed by atoms with Crippen LogP contribution >= 0.6 is 0 Å². The Morgan fingerprint density at radius 3 is 2.02 bits per heavy atom. The highest BCUT2D eigenvalue weighted by Gasteiger charge is 2.60. The predicted octanol–water partition coefficient (Wildman–Crippen LogP) is 6.55.